The van der Waals surface area contributed by atoms with E-state index in [1.165, 1.54) is 12.8 Å². The fourth-order valence-corrected chi connectivity index (χ4v) is 2.81. The Morgan fingerprint density at radius 2 is 2.06 bits per heavy atom. The van der Waals surface area contributed by atoms with Crippen LogP contribution in [0.1, 0.15) is 42.1 Å². The summed E-state index contributed by atoms with van der Waals surface area (Å²) < 4.78 is 1.81. The van der Waals surface area contributed by atoms with E-state index in [9.17, 15) is 9.59 Å². The molecule has 1 saturated carbocycles. The number of nitrogens with two attached hydrogens (primary N) is 1. The third-order valence-electron chi connectivity index (χ3n) is 3.69. The Morgan fingerprint density at radius 1 is 1.33 bits per heavy atom. The summed E-state index contributed by atoms with van der Waals surface area (Å²) >= 11 is 0. The van der Waals surface area contributed by atoms with Crippen molar-refractivity contribution in [2.75, 3.05) is 0 Å². The Bertz CT molecular complexity index is 662. The molecule has 2 aromatic rings. The van der Waals surface area contributed by atoms with Crippen LogP contribution in [-0.4, -0.2) is 15.5 Å². The van der Waals surface area contributed by atoms with Crippen LogP contribution in [0, 0.1) is 0 Å². The van der Waals surface area contributed by atoms with Gasteiger partial charge in [0.25, 0.3) is 0 Å². The summed E-state index contributed by atoms with van der Waals surface area (Å²) in [6.07, 6.45) is 4.43. The van der Waals surface area contributed by atoms with Crippen LogP contribution >= 0.6 is 0 Å². The van der Waals surface area contributed by atoms with Gasteiger partial charge in [-0.05, 0) is 31.0 Å². The van der Waals surface area contributed by atoms with Gasteiger partial charge in [0.1, 0.15) is 0 Å². The van der Waals surface area contributed by atoms with Gasteiger partial charge in [-0.1, -0.05) is 12.8 Å². The molecule has 5 nitrogen and oxygen atoms in total. The molecule has 1 heterocycles. The molecule has 1 fully saturated rings. The first kappa shape index (κ1) is 11.1. The summed E-state index contributed by atoms with van der Waals surface area (Å²) in [6, 6.07) is 5.39. The lowest BCUT2D eigenvalue weighted by atomic mass is 10.2. The van der Waals surface area contributed by atoms with Gasteiger partial charge in [-0.25, -0.2) is 4.79 Å². The molecule has 1 aliphatic carbocycles. The van der Waals surface area contributed by atoms with Crippen LogP contribution in [0.4, 0.5) is 0 Å². The molecule has 1 aromatic heterocycles. The summed E-state index contributed by atoms with van der Waals surface area (Å²) in [5.74, 6) is -0.480. The third kappa shape index (κ3) is 1.63. The minimum absolute atomic E-state index is 0.0986. The maximum Gasteiger partial charge on any atom is 0.326 e. The Labute approximate surface area is 104 Å². The molecule has 0 unspecified atom stereocenters. The Hall–Kier alpha value is -2.04. The summed E-state index contributed by atoms with van der Waals surface area (Å²) in [5.41, 5.74) is 7.10. The predicted octanol–water partition coefficient (Wildman–Crippen LogP) is 1.54. The zero-order valence-electron chi connectivity index (χ0n) is 9.98. The zero-order valence-corrected chi connectivity index (χ0v) is 9.98. The van der Waals surface area contributed by atoms with Gasteiger partial charge in [-0.2, -0.15) is 0 Å². The quantitative estimate of drug-likeness (QED) is 0.841. The van der Waals surface area contributed by atoms with Crippen molar-refractivity contribution in [1.29, 1.82) is 0 Å². The SMILES string of the molecule is NC(=O)c1ccc2c(c1)[nH]c(=O)n2C1CCCC1. The molecule has 0 spiro atoms. The number of fused-ring (bicyclic) bond motifs is 1. The lowest BCUT2D eigenvalue weighted by Crippen LogP contribution is -2.20. The van der Waals surface area contributed by atoms with Crippen LogP contribution in [0.5, 0.6) is 0 Å². The van der Waals surface area contributed by atoms with E-state index >= 15 is 0 Å². The summed E-state index contributed by atoms with van der Waals surface area (Å²) in [5, 5.41) is 0. The van der Waals surface area contributed by atoms with Crippen molar-refractivity contribution < 1.29 is 4.79 Å². The highest BCUT2D eigenvalue weighted by Gasteiger charge is 2.21. The van der Waals surface area contributed by atoms with Gasteiger partial charge in [0, 0.05) is 11.6 Å². The number of hydrogen-bond acceptors (Lipinski definition) is 2. The molecule has 1 aliphatic rings. The first-order valence-electron chi connectivity index (χ1n) is 6.21. The van der Waals surface area contributed by atoms with Gasteiger partial charge < -0.3 is 10.7 Å². The number of carbonyl (C=O) groups is 1. The molecule has 0 radical (unpaired) electrons. The summed E-state index contributed by atoms with van der Waals surface area (Å²) in [6.45, 7) is 0. The highest BCUT2D eigenvalue weighted by atomic mass is 16.1. The van der Waals surface area contributed by atoms with Crippen molar-refractivity contribution in [2.45, 2.75) is 31.7 Å². The Kier molecular flexibility index (Phi) is 2.47. The van der Waals surface area contributed by atoms with Crippen LogP contribution < -0.4 is 11.4 Å². The number of imidazole rings is 1. The molecule has 1 amide bonds. The van der Waals surface area contributed by atoms with Crippen LogP contribution in [0.25, 0.3) is 11.0 Å². The van der Waals surface area contributed by atoms with E-state index in [4.69, 9.17) is 5.73 Å². The molecule has 3 rings (SSSR count). The second-order valence-electron chi connectivity index (χ2n) is 4.83. The predicted molar refractivity (Wildman–Crippen MR) is 68.6 cm³/mol. The van der Waals surface area contributed by atoms with Gasteiger partial charge in [0.2, 0.25) is 5.91 Å². The van der Waals surface area contributed by atoms with Gasteiger partial charge in [-0.3, -0.25) is 9.36 Å². The van der Waals surface area contributed by atoms with E-state index in [-0.39, 0.29) is 11.7 Å². The number of H-pyrrole nitrogens is 1. The van der Waals surface area contributed by atoms with Crippen LogP contribution in [0.3, 0.4) is 0 Å². The van der Waals surface area contributed by atoms with E-state index in [0.717, 1.165) is 18.4 Å². The molecule has 94 valence electrons. The molecule has 0 bridgehead atoms. The van der Waals surface area contributed by atoms with Crippen molar-refractivity contribution in [2.24, 2.45) is 5.73 Å². The molecule has 1 aromatic carbocycles. The van der Waals surface area contributed by atoms with Gasteiger partial charge in [0.05, 0.1) is 11.0 Å². The lowest BCUT2D eigenvalue weighted by Gasteiger charge is -2.10. The van der Waals surface area contributed by atoms with Crippen molar-refractivity contribution in [3.05, 3.63) is 34.2 Å². The number of nitrogens with one attached hydrogen (secondary N) is 1. The standard InChI is InChI=1S/C13H15N3O2/c14-12(17)8-5-6-11-10(7-8)15-13(18)16(11)9-3-1-2-4-9/h5-7,9H,1-4H2,(H2,14,17)(H,15,18). The first-order chi connectivity index (χ1) is 8.66. The number of hydrogen-bond donors (Lipinski definition) is 2. The maximum atomic E-state index is 12.0. The van der Waals surface area contributed by atoms with Gasteiger partial charge in [-0.15, -0.1) is 0 Å². The summed E-state index contributed by atoms with van der Waals surface area (Å²) in [7, 11) is 0. The third-order valence-corrected chi connectivity index (χ3v) is 3.69. The summed E-state index contributed by atoms with van der Waals surface area (Å²) in [4.78, 5) is 25.9. The van der Waals surface area contributed by atoms with Crippen LogP contribution in [0.2, 0.25) is 0 Å². The molecule has 0 saturated heterocycles. The number of carbonyl (C=O) groups excluding carboxylic acids is 1. The smallest absolute Gasteiger partial charge is 0.326 e. The van der Waals surface area contributed by atoms with Crippen molar-refractivity contribution in [1.82, 2.24) is 9.55 Å². The number of primary amides is 1. The Balaban J connectivity index is 2.18. The van der Waals surface area contributed by atoms with E-state index < -0.39 is 5.91 Å². The average molecular weight is 245 g/mol. The monoisotopic (exact) mass is 245 g/mol. The number of amides is 1. The van der Waals surface area contributed by atoms with Crippen molar-refractivity contribution in [3.63, 3.8) is 0 Å². The highest BCUT2D eigenvalue weighted by Crippen LogP contribution is 2.30. The number of aromatic nitrogens is 2. The van der Waals surface area contributed by atoms with E-state index in [0.29, 0.717) is 11.1 Å². The van der Waals surface area contributed by atoms with Crippen molar-refractivity contribution >= 4 is 16.9 Å². The molecular weight excluding hydrogens is 230 g/mol. The molecule has 0 atom stereocenters. The van der Waals surface area contributed by atoms with E-state index in [1.807, 2.05) is 4.57 Å². The number of benzene rings is 1. The molecular formula is C13H15N3O2. The molecule has 5 heteroatoms. The first-order valence-corrected chi connectivity index (χ1v) is 6.21. The second kappa shape index (κ2) is 4.01. The lowest BCUT2D eigenvalue weighted by molar-refractivity contribution is 0.100. The minimum Gasteiger partial charge on any atom is -0.366 e. The highest BCUT2D eigenvalue weighted by molar-refractivity contribution is 5.96. The van der Waals surface area contributed by atoms with Crippen molar-refractivity contribution in [3.8, 4) is 0 Å². The normalized spacial score (nSPS) is 16.4. The van der Waals surface area contributed by atoms with Gasteiger partial charge >= 0.3 is 5.69 Å². The number of rotatable bonds is 2. The molecule has 18 heavy (non-hydrogen) atoms. The van der Waals surface area contributed by atoms with Crippen LogP contribution in [0.15, 0.2) is 23.0 Å². The van der Waals surface area contributed by atoms with Crippen LogP contribution in [-0.2, 0) is 0 Å². The second-order valence-corrected chi connectivity index (χ2v) is 4.83. The zero-order chi connectivity index (χ0) is 12.7. The molecule has 0 aliphatic heterocycles. The minimum atomic E-state index is -0.480. The fourth-order valence-electron chi connectivity index (χ4n) is 2.81. The van der Waals surface area contributed by atoms with Gasteiger partial charge in [0.15, 0.2) is 0 Å². The van der Waals surface area contributed by atoms with E-state index in [1.54, 1.807) is 18.2 Å². The Morgan fingerprint density at radius 3 is 2.72 bits per heavy atom. The largest absolute Gasteiger partial charge is 0.366 e. The molecule has 3 N–H and O–H groups in total. The average Bonchev–Trinajstić information content (AvgIpc) is 2.93. The fraction of sp³-hybridized carbons (Fsp3) is 0.385. The number of nitrogens with zero attached hydrogens (tertiary/aromatic N) is 1. The maximum absolute atomic E-state index is 12.0. The number of aromatic amines is 1. The van der Waals surface area contributed by atoms with E-state index in [2.05, 4.69) is 4.98 Å². The topological polar surface area (TPSA) is 80.9 Å².